The van der Waals surface area contributed by atoms with Crippen molar-refractivity contribution in [2.45, 2.75) is 44.1 Å². The third-order valence-corrected chi connectivity index (χ3v) is 5.55. The number of nitrogens with zero attached hydrogens (tertiary/aromatic N) is 1. The molecule has 0 bridgehead atoms. The van der Waals surface area contributed by atoms with E-state index < -0.39 is 16.4 Å². The van der Waals surface area contributed by atoms with Crippen molar-refractivity contribution in [3.05, 3.63) is 29.3 Å². The standard InChI is InChI=1S/C17H24ClNO3S/c1-17(2,3)22-16(20)19-10-8-13(9-11-19)12-23(21)15-6-4-14(18)5-7-15/h4-7,13H,8-12H2,1-3H3/t23-/m0/s1. The van der Waals surface area contributed by atoms with Gasteiger partial charge < -0.3 is 9.64 Å². The molecule has 1 aliphatic rings. The summed E-state index contributed by atoms with van der Waals surface area (Å²) >= 11 is 5.85. The Balaban J connectivity index is 1.81. The normalized spacial score (nSPS) is 17.8. The summed E-state index contributed by atoms with van der Waals surface area (Å²) in [7, 11) is -1.02. The van der Waals surface area contributed by atoms with Gasteiger partial charge in [0.25, 0.3) is 0 Å². The predicted molar refractivity (Wildman–Crippen MR) is 93.3 cm³/mol. The maximum atomic E-state index is 12.4. The third kappa shape index (κ3) is 5.81. The second kappa shape index (κ2) is 7.67. The van der Waals surface area contributed by atoms with Gasteiger partial charge in [0.1, 0.15) is 5.60 Å². The van der Waals surface area contributed by atoms with Crippen LogP contribution < -0.4 is 0 Å². The Kier molecular flexibility index (Phi) is 6.09. The maximum absolute atomic E-state index is 12.4. The molecule has 2 rings (SSSR count). The molecule has 1 aromatic rings. The lowest BCUT2D eigenvalue weighted by molar-refractivity contribution is 0.0191. The molecule has 1 fully saturated rings. The Bertz CT molecular complexity index is 560. The summed E-state index contributed by atoms with van der Waals surface area (Å²) in [5, 5.41) is 0.649. The van der Waals surface area contributed by atoms with E-state index in [1.807, 2.05) is 32.9 Å². The van der Waals surface area contributed by atoms with Gasteiger partial charge in [-0.2, -0.15) is 0 Å². The summed E-state index contributed by atoms with van der Waals surface area (Å²) in [6, 6.07) is 7.16. The van der Waals surface area contributed by atoms with Gasteiger partial charge in [-0.15, -0.1) is 0 Å². The fraction of sp³-hybridized carbons (Fsp3) is 0.588. The number of rotatable bonds is 3. The average Bonchev–Trinajstić information content (AvgIpc) is 2.46. The molecular weight excluding hydrogens is 334 g/mol. The van der Waals surface area contributed by atoms with E-state index in [0.29, 0.717) is 29.8 Å². The van der Waals surface area contributed by atoms with E-state index in [9.17, 15) is 9.00 Å². The molecule has 0 N–H and O–H groups in total. The molecule has 4 nitrogen and oxygen atoms in total. The van der Waals surface area contributed by atoms with Gasteiger partial charge in [0.05, 0.1) is 10.8 Å². The highest BCUT2D eigenvalue weighted by atomic mass is 35.5. The number of amides is 1. The highest BCUT2D eigenvalue weighted by molar-refractivity contribution is 7.85. The predicted octanol–water partition coefficient (Wildman–Crippen LogP) is 4.09. The molecule has 0 unspecified atom stereocenters. The van der Waals surface area contributed by atoms with Gasteiger partial charge in [0, 0.05) is 28.8 Å². The molecule has 0 saturated carbocycles. The Morgan fingerprint density at radius 2 is 1.83 bits per heavy atom. The molecule has 1 saturated heterocycles. The monoisotopic (exact) mass is 357 g/mol. The molecule has 1 amide bonds. The number of halogens is 1. The van der Waals surface area contributed by atoms with E-state index in [1.165, 1.54) is 0 Å². The van der Waals surface area contributed by atoms with Crippen molar-refractivity contribution in [1.29, 1.82) is 0 Å². The van der Waals surface area contributed by atoms with Crippen molar-refractivity contribution in [2.24, 2.45) is 5.92 Å². The SMILES string of the molecule is CC(C)(C)OC(=O)N1CCC(C[S@](=O)c2ccc(Cl)cc2)CC1. The summed E-state index contributed by atoms with van der Waals surface area (Å²) in [5.74, 6) is 0.995. The van der Waals surface area contributed by atoms with Crippen LogP contribution in [0.25, 0.3) is 0 Å². The van der Waals surface area contributed by atoms with E-state index in [1.54, 1.807) is 17.0 Å². The van der Waals surface area contributed by atoms with Crippen molar-refractivity contribution in [2.75, 3.05) is 18.8 Å². The number of ether oxygens (including phenoxy) is 1. The minimum atomic E-state index is -1.02. The Morgan fingerprint density at radius 1 is 1.26 bits per heavy atom. The maximum Gasteiger partial charge on any atom is 0.410 e. The molecular formula is C17H24ClNO3S. The van der Waals surface area contributed by atoms with Crippen molar-refractivity contribution in [1.82, 2.24) is 4.90 Å². The highest BCUT2D eigenvalue weighted by Crippen LogP contribution is 2.22. The first kappa shape index (κ1) is 18.3. The Hall–Kier alpha value is -1.07. The fourth-order valence-corrected chi connectivity index (χ4v) is 4.02. The second-order valence-electron chi connectivity index (χ2n) is 6.88. The van der Waals surface area contributed by atoms with Crippen LogP contribution in [0, 0.1) is 5.92 Å². The number of hydrogen-bond acceptors (Lipinski definition) is 3. The molecule has 1 aromatic carbocycles. The largest absolute Gasteiger partial charge is 0.444 e. The minimum Gasteiger partial charge on any atom is -0.444 e. The van der Waals surface area contributed by atoms with Crippen LogP contribution in [-0.2, 0) is 15.5 Å². The third-order valence-electron chi connectivity index (χ3n) is 3.73. The molecule has 0 radical (unpaired) electrons. The molecule has 1 heterocycles. The Labute approximate surface area is 145 Å². The highest BCUT2D eigenvalue weighted by Gasteiger charge is 2.27. The zero-order chi connectivity index (χ0) is 17.0. The minimum absolute atomic E-state index is 0.255. The zero-order valence-electron chi connectivity index (χ0n) is 13.9. The van der Waals surface area contributed by atoms with Gasteiger partial charge in [-0.25, -0.2) is 4.79 Å². The van der Waals surface area contributed by atoms with Crippen molar-refractivity contribution in [3.63, 3.8) is 0 Å². The van der Waals surface area contributed by atoms with Gasteiger partial charge in [-0.1, -0.05) is 11.6 Å². The molecule has 0 spiro atoms. The Morgan fingerprint density at radius 3 is 2.35 bits per heavy atom. The summed E-state index contributed by atoms with van der Waals surface area (Å²) in [5.41, 5.74) is -0.468. The molecule has 6 heteroatoms. The van der Waals surface area contributed by atoms with Gasteiger partial charge in [-0.05, 0) is 63.8 Å². The van der Waals surface area contributed by atoms with Crippen LogP contribution >= 0.6 is 11.6 Å². The van der Waals surface area contributed by atoms with Gasteiger partial charge >= 0.3 is 6.09 Å². The molecule has 0 aromatic heterocycles. The number of benzene rings is 1. The van der Waals surface area contributed by atoms with Crippen molar-refractivity contribution >= 4 is 28.5 Å². The number of carbonyl (C=O) groups excluding carboxylic acids is 1. The lowest BCUT2D eigenvalue weighted by Crippen LogP contribution is -2.42. The second-order valence-corrected chi connectivity index (χ2v) is 8.81. The van der Waals surface area contributed by atoms with E-state index in [0.717, 1.165) is 17.7 Å². The van der Waals surface area contributed by atoms with Gasteiger partial charge in [0.2, 0.25) is 0 Å². The number of piperidine rings is 1. The first-order valence-electron chi connectivity index (χ1n) is 7.86. The summed E-state index contributed by atoms with van der Waals surface area (Å²) < 4.78 is 17.8. The van der Waals surface area contributed by atoms with E-state index >= 15 is 0 Å². The van der Waals surface area contributed by atoms with Crippen LogP contribution in [0.5, 0.6) is 0 Å². The molecule has 128 valence electrons. The molecule has 23 heavy (non-hydrogen) atoms. The van der Waals surface area contributed by atoms with Crippen LogP contribution in [0.15, 0.2) is 29.2 Å². The lowest BCUT2D eigenvalue weighted by atomic mass is 9.99. The van der Waals surface area contributed by atoms with E-state index in [2.05, 4.69) is 0 Å². The summed E-state index contributed by atoms with van der Waals surface area (Å²) in [4.78, 5) is 14.6. The number of likely N-dealkylation sites (tertiary alicyclic amines) is 1. The first-order chi connectivity index (χ1) is 10.7. The average molecular weight is 358 g/mol. The van der Waals surface area contributed by atoms with Gasteiger partial charge in [-0.3, -0.25) is 4.21 Å². The number of hydrogen-bond donors (Lipinski definition) is 0. The van der Waals surface area contributed by atoms with Crippen LogP contribution in [0.4, 0.5) is 4.79 Å². The van der Waals surface area contributed by atoms with Gasteiger partial charge in [0.15, 0.2) is 0 Å². The van der Waals surface area contributed by atoms with Crippen LogP contribution in [0.3, 0.4) is 0 Å². The van der Waals surface area contributed by atoms with E-state index in [-0.39, 0.29) is 6.09 Å². The topological polar surface area (TPSA) is 46.6 Å². The lowest BCUT2D eigenvalue weighted by Gasteiger charge is -2.33. The smallest absolute Gasteiger partial charge is 0.410 e. The van der Waals surface area contributed by atoms with Crippen LogP contribution in [0.1, 0.15) is 33.6 Å². The quantitative estimate of drug-likeness (QED) is 0.818. The zero-order valence-corrected chi connectivity index (χ0v) is 15.5. The van der Waals surface area contributed by atoms with E-state index in [4.69, 9.17) is 16.3 Å². The molecule has 1 aliphatic heterocycles. The fourth-order valence-electron chi connectivity index (χ4n) is 2.51. The van der Waals surface area contributed by atoms with Crippen molar-refractivity contribution < 1.29 is 13.7 Å². The van der Waals surface area contributed by atoms with Crippen LogP contribution in [-0.4, -0.2) is 39.6 Å². The summed E-state index contributed by atoms with van der Waals surface area (Å²) in [6.07, 6.45) is 1.46. The number of carbonyl (C=O) groups is 1. The van der Waals surface area contributed by atoms with Crippen LogP contribution in [0.2, 0.25) is 5.02 Å². The summed E-state index contributed by atoms with van der Waals surface area (Å²) in [6.45, 7) is 6.93. The molecule has 0 aliphatic carbocycles. The first-order valence-corrected chi connectivity index (χ1v) is 9.56. The molecule has 1 atom stereocenters. The van der Waals surface area contributed by atoms with Crippen molar-refractivity contribution in [3.8, 4) is 0 Å².